The Morgan fingerprint density at radius 2 is 1.85 bits per heavy atom. The summed E-state index contributed by atoms with van der Waals surface area (Å²) in [6, 6.07) is 3.47. The van der Waals surface area contributed by atoms with Crippen LogP contribution in [0.1, 0.15) is 16.8 Å². The fraction of sp³-hybridized carbons (Fsp3) is 0.500. The molecule has 0 saturated carbocycles. The summed E-state index contributed by atoms with van der Waals surface area (Å²) in [5, 5.41) is 0. The lowest BCUT2D eigenvalue weighted by Crippen LogP contribution is -2.37. The molecule has 0 atom stereocenters. The van der Waals surface area contributed by atoms with Gasteiger partial charge in [-0.25, -0.2) is 8.78 Å². The molecular formula is C14H19F2N3O. The smallest absolute Gasteiger partial charge is 0.259 e. The average molecular weight is 283 g/mol. The largest absolute Gasteiger partial charge is 0.337 e. The van der Waals surface area contributed by atoms with Crippen molar-refractivity contribution in [3.63, 3.8) is 0 Å². The van der Waals surface area contributed by atoms with E-state index < -0.39 is 23.1 Å². The molecule has 1 aromatic rings. The number of nitrogens with two attached hydrogens (primary N) is 1. The SMILES string of the molecule is NCCN1CCCN(C(=O)c2c(F)cccc2F)CC1. The number of rotatable bonds is 3. The lowest BCUT2D eigenvalue weighted by atomic mass is 10.1. The minimum absolute atomic E-state index is 0.459. The van der Waals surface area contributed by atoms with E-state index in [4.69, 9.17) is 5.73 Å². The van der Waals surface area contributed by atoms with Crippen LogP contribution >= 0.6 is 0 Å². The molecule has 6 heteroatoms. The Labute approximate surface area is 117 Å². The van der Waals surface area contributed by atoms with Crippen LogP contribution in [0.4, 0.5) is 8.78 Å². The predicted octanol–water partition coefficient (Wildman–Crippen LogP) is 1.07. The average Bonchev–Trinajstić information content (AvgIpc) is 2.64. The first kappa shape index (κ1) is 14.9. The lowest BCUT2D eigenvalue weighted by Gasteiger charge is -2.22. The maximum absolute atomic E-state index is 13.6. The number of carbonyl (C=O) groups excluding carboxylic acids is 1. The zero-order valence-electron chi connectivity index (χ0n) is 11.3. The van der Waals surface area contributed by atoms with E-state index >= 15 is 0 Å². The highest BCUT2D eigenvalue weighted by molar-refractivity contribution is 5.94. The normalized spacial score (nSPS) is 17.1. The molecule has 1 saturated heterocycles. The number of benzene rings is 1. The molecule has 2 N–H and O–H groups in total. The van der Waals surface area contributed by atoms with Crippen molar-refractivity contribution in [2.45, 2.75) is 6.42 Å². The maximum atomic E-state index is 13.6. The van der Waals surface area contributed by atoms with Crippen LogP contribution in [-0.4, -0.2) is 55.0 Å². The molecule has 20 heavy (non-hydrogen) atoms. The molecule has 1 amide bonds. The van der Waals surface area contributed by atoms with Gasteiger partial charge in [0, 0.05) is 32.7 Å². The minimum Gasteiger partial charge on any atom is -0.337 e. The van der Waals surface area contributed by atoms with Gasteiger partial charge in [0.1, 0.15) is 17.2 Å². The molecule has 1 aliphatic rings. The molecule has 1 aromatic carbocycles. The van der Waals surface area contributed by atoms with Gasteiger partial charge in [-0.3, -0.25) is 4.79 Å². The van der Waals surface area contributed by atoms with Crippen LogP contribution < -0.4 is 5.73 Å². The Morgan fingerprint density at radius 3 is 2.50 bits per heavy atom. The first-order valence-electron chi connectivity index (χ1n) is 6.79. The second kappa shape index (κ2) is 6.76. The van der Waals surface area contributed by atoms with Gasteiger partial charge in [-0.2, -0.15) is 0 Å². The minimum atomic E-state index is -0.807. The summed E-state index contributed by atoms with van der Waals surface area (Å²) in [5.41, 5.74) is 5.06. The van der Waals surface area contributed by atoms with E-state index in [-0.39, 0.29) is 0 Å². The van der Waals surface area contributed by atoms with Crippen LogP contribution in [-0.2, 0) is 0 Å². The van der Waals surface area contributed by atoms with Gasteiger partial charge in [-0.1, -0.05) is 6.07 Å². The highest BCUT2D eigenvalue weighted by Crippen LogP contribution is 2.16. The standard InChI is InChI=1S/C14H19F2N3O/c15-11-3-1-4-12(16)13(11)14(20)19-7-2-6-18(8-5-17)9-10-19/h1,3-4H,2,5-10,17H2. The van der Waals surface area contributed by atoms with Crippen molar-refractivity contribution < 1.29 is 13.6 Å². The summed E-state index contributed by atoms with van der Waals surface area (Å²) in [5.74, 6) is -2.19. The highest BCUT2D eigenvalue weighted by atomic mass is 19.1. The number of halogens is 2. The molecule has 1 aliphatic heterocycles. The highest BCUT2D eigenvalue weighted by Gasteiger charge is 2.24. The van der Waals surface area contributed by atoms with Crippen molar-refractivity contribution in [3.8, 4) is 0 Å². The second-order valence-corrected chi connectivity index (χ2v) is 4.87. The molecule has 110 valence electrons. The molecule has 1 fully saturated rings. The first-order chi connectivity index (χ1) is 9.63. The van der Waals surface area contributed by atoms with Crippen molar-refractivity contribution in [3.05, 3.63) is 35.4 Å². The van der Waals surface area contributed by atoms with Crippen molar-refractivity contribution in [1.29, 1.82) is 0 Å². The summed E-state index contributed by atoms with van der Waals surface area (Å²) >= 11 is 0. The third-order valence-corrected chi connectivity index (χ3v) is 3.50. The number of hydrogen-bond donors (Lipinski definition) is 1. The van der Waals surface area contributed by atoms with Crippen molar-refractivity contribution in [2.75, 3.05) is 39.3 Å². The molecule has 0 radical (unpaired) electrons. The quantitative estimate of drug-likeness (QED) is 0.903. The number of amides is 1. The molecule has 0 aliphatic carbocycles. The topological polar surface area (TPSA) is 49.6 Å². The van der Waals surface area contributed by atoms with Gasteiger partial charge in [0.25, 0.3) is 5.91 Å². The summed E-state index contributed by atoms with van der Waals surface area (Å²) in [7, 11) is 0. The zero-order valence-corrected chi connectivity index (χ0v) is 11.3. The van der Waals surface area contributed by atoms with Crippen LogP contribution in [0.3, 0.4) is 0 Å². The molecule has 0 bridgehead atoms. The Balaban J connectivity index is 2.10. The molecule has 4 nitrogen and oxygen atoms in total. The monoisotopic (exact) mass is 283 g/mol. The fourth-order valence-electron chi connectivity index (χ4n) is 2.44. The Morgan fingerprint density at radius 1 is 1.15 bits per heavy atom. The van der Waals surface area contributed by atoms with Gasteiger partial charge in [-0.15, -0.1) is 0 Å². The van der Waals surface area contributed by atoms with Gasteiger partial charge >= 0.3 is 0 Å². The summed E-state index contributed by atoms with van der Waals surface area (Å²) in [4.78, 5) is 15.9. The predicted molar refractivity (Wildman–Crippen MR) is 72.4 cm³/mol. The zero-order chi connectivity index (χ0) is 14.5. The number of hydrogen-bond acceptors (Lipinski definition) is 3. The van der Waals surface area contributed by atoms with E-state index in [0.29, 0.717) is 26.2 Å². The summed E-state index contributed by atoms with van der Waals surface area (Å²) in [6.07, 6.45) is 0.780. The van der Waals surface area contributed by atoms with Gasteiger partial charge < -0.3 is 15.5 Å². The Bertz CT molecular complexity index is 461. The van der Waals surface area contributed by atoms with Gasteiger partial charge in [0.05, 0.1) is 0 Å². The summed E-state index contributed by atoms with van der Waals surface area (Å²) < 4.78 is 27.3. The van der Waals surface area contributed by atoms with Gasteiger partial charge in [0.2, 0.25) is 0 Å². The third kappa shape index (κ3) is 3.32. The van der Waals surface area contributed by atoms with E-state index in [2.05, 4.69) is 4.90 Å². The van der Waals surface area contributed by atoms with E-state index in [1.807, 2.05) is 0 Å². The van der Waals surface area contributed by atoms with Crippen molar-refractivity contribution >= 4 is 5.91 Å². The third-order valence-electron chi connectivity index (χ3n) is 3.50. The molecule has 2 rings (SSSR count). The summed E-state index contributed by atoms with van der Waals surface area (Å²) in [6.45, 7) is 3.84. The molecule has 0 aromatic heterocycles. The van der Waals surface area contributed by atoms with E-state index in [1.54, 1.807) is 0 Å². The van der Waals surface area contributed by atoms with E-state index in [9.17, 15) is 13.6 Å². The Kier molecular flexibility index (Phi) is 5.03. The van der Waals surface area contributed by atoms with Crippen LogP contribution in [0.5, 0.6) is 0 Å². The Hall–Kier alpha value is -1.53. The van der Waals surface area contributed by atoms with E-state index in [1.165, 1.54) is 11.0 Å². The molecule has 0 unspecified atom stereocenters. The van der Waals surface area contributed by atoms with Crippen LogP contribution in [0, 0.1) is 11.6 Å². The van der Waals surface area contributed by atoms with Crippen LogP contribution in [0.2, 0.25) is 0 Å². The first-order valence-corrected chi connectivity index (χ1v) is 6.79. The fourth-order valence-corrected chi connectivity index (χ4v) is 2.44. The molecule has 1 heterocycles. The molecular weight excluding hydrogens is 264 g/mol. The molecule has 0 spiro atoms. The van der Waals surface area contributed by atoms with Crippen LogP contribution in [0.25, 0.3) is 0 Å². The number of nitrogens with zero attached hydrogens (tertiary/aromatic N) is 2. The maximum Gasteiger partial charge on any atom is 0.259 e. The second-order valence-electron chi connectivity index (χ2n) is 4.87. The van der Waals surface area contributed by atoms with Gasteiger partial charge in [0.15, 0.2) is 0 Å². The van der Waals surface area contributed by atoms with Crippen molar-refractivity contribution in [2.24, 2.45) is 5.73 Å². The van der Waals surface area contributed by atoms with Crippen LogP contribution in [0.15, 0.2) is 18.2 Å². The van der Waals surface area contributed by atoms with Gasteiger partial charge in [-0.05, 0) is 25.1 Å². The lowest BCUT2D eigenvalue weighted by molar-refractivity contribution is 0.0752. The van der Waals surface area contributed by atoms with Crippen molar-refractivity contribution in [1.82, 2.24) is 9.80 Å². The van der Waals surface area contributed by atoms with E-state index in [0.717, 1.165) is 31.6 Å². The number of carbonyl (C=O) groups is 1.